The second-order valence-electron chi connectivity index (χ2n) is 6.50. The van der Waals surface area contributed by atoms with Gasteiger partial charge < -0.3 is 15.2 Å². The van der Waals surface area contributed by atoms with Crippen molar-refractivity contribution in [3.63, 3.8) is 0 Å². The van der Waals surface area contributed by atoms with Crippen LogP contribution in [0, 0.1) is 5.82 Å². The second-order valence-corrected chi connectivity index (χ2v) is 7.42. The summed E-state index contributed by atoms with van der Waals surface area (Å²) in [6.45, 7) is 0.379. The van der Waals surface area contributed by atoms with Crippen molar-refractivity contribution in [2.75, 3.05) is 11.4 Å². The molecule has 0 bridgehead atoms. The molecular weight excluding hydrogens is 429 g/mol. The van der Waals surface area contributed by atoms with Crippen LogP contribution in [0.3, 0.4) is 0 Å². The van der Waals surface area contributed by atoms with Gasteiger partial charge in [0, 0.05) is 33.8 Å². The predicted molar refractivity (Wildman–Crippen MR) is 106 cm³/mol. The molecule has 1 fully saturated rings. The van der Waals surface area contributed by atoms with Gasteiger partial charge in [-0.15, -0.1) is 0 Å². The SMILES string of the molecule is O=C(NC1CCN(c2ccc(F)cc2)C1=O)C(=O)c1c[nH]c2ccc(Br)cc12. The van der Waals surface area contributed by atoms with Crippen molar-refractivity contribution < 1.29 is 18.8 Å². The fourth-order valence-electron chi connectivity index (χ4n) is 3.32. The average molecular weight is 444 g/mol. The molecule has 6 nitrogen and oxygen atoms in total. The standard InChI is InChI=1S/C20H15BrFN3O3/c21-11-1-6-16-14(9-11)15(10-23-16)18(26)19(27)24-17-7-8-25(20(17)28)13-4-2-12(22)3-5-13/h1-6,9-10,17,23H,7-8H2,(H,24,27). The number of amides is 2. The maximum Gasteiger partial charge on any atom is 0.293 e. The van der Waals surface area contributed by atoms with Crippen molar-refractivity contribution in [2.24, 2.45) is 0 Å². The normalized spacial score (nSPS) is 16.6. The van der Waals surface area contributed by atoms with Crippen LogP contribution in [-0.4, -0.2) is 35.2 Å². The molecule has 8 heteroatoms. The summed E-state index contributed by atoms with van der Waals surface area (Å²) < 4.78 is 13.9. The molecule has 1 saturated heterocycles. The Morgan fingerprint density at radius 1 is 1.18 bits per heavy atom. The Balaban J connectivity index is 1.49. The molecule has 1 aliphatic rings. The minimum absolute atomic E-state index is 0.245. The summed E-state index contributed by atoms with van der Waals surface area (Å²) in [6, 6.07) is 10.1. The summed E-state index contributed by atoms with van der Waals surface area (Å²) in [5, 5.41) is 3.15. The van der Waals surface area contributed by atoms with Gasteiger partial charge in [0.15, 0.2) is 0 Å². The van der Waals surface area contributed by atoms with Crippen LogP contribution in [0.5, 0.6) is 0 Å². The van der Waals surface area contributed by atoms with Gasteiger partial charge in [0.2, 0.25) is 5.91 Å². The van der Waals surface area contributed by atoms with Crippen molar-refractivity contribution in [3.8, 4) is 0 Å². The number of rotatable bonds is 4. The summed E-state index contributed by atoms with van der Waals surface area (Å²) in [7, 11) is 0. The number of carbonyl (C=O) groups excluding carboxylic acids is 3. The highest BCUT2D eigenvalue weighted by Crippen LogP contribution is 2.24. The minimum Gasteiger partial charge on any atom is -0.360 e. The lowest BCUT2D eigenvalue weighted by Crippen LogP contribution is -2.44. The summed E-state index contributed by atoms with van der Waals surface area (Å²) in [4.78, 5) is 42.1. The second kappa shape index (κ2) is 7.20. The Hall–Kier alpha value is -3.00. The van der Waals surface area contributed by atoms with Gasteiger partial charge in [0.1, 0.15) is 11.9 Å². The number of nitrogens with one attached hydrogen (secondary N) is 2. The number of nitrogens with zero attached hydrogens (tertiary/aromatic N) is 1. The molecule has 0 spiro atoms. The number of hydrogen-bond acceptors (Lipinski definition) is 3. The number of halogens is 2. The third-order valence-electron chi connectivity index (χ3n) is 4.74. The van der Waals surface area contributed by atoms with Gasteiger partial charge in [0.25, 0.3) is 11.7 Å². The van der Waals surface area contributed by atoms with Gasteiger partial charge >= 0.3 is 0 Å². The van der Waals surface area contributed by atoms with Crippen LogP contribution in [0.15, 0.2) is 53.1 Å². The highest BCUT2D eigenvalue weighted by Gasteiger charge is 2.35. The third kappa shape index (κ3) is 3.31. The van der Waals surface area contributed by atoms with Crippen molar-refractivity contribution in [1.29, 1.82) is 0 Å². The van der Waals surface area contributed by atoms with Crippen LogP contribution >= 0.6 is 15.9 Å². The van der Waals surface area contributed by atoms with Crippen molar-refractivity contribution in [3.05, 3.63) is 64.5 Å². The van der Waals surface area contributed by atoms with E-state index in [1.807, 2.05) is 6.07 Å². The fourth-order valence-corrected chi connectivity index (χ4v) is 3.68. The molecule has 28 heavy (non-hydrogen) atoms. The largest absolute Gasteiger partial charge is 0.360 e. The van der Waals surface area contributed by atoms with Crippen LogP contribution in [0.1, 0.15) is 16.8 Å². The van der Waals surface area contributed by atoms with Gasteiger partial charge in [-0.2, -0.15) is 0 Å². The van der Waals surface area contributed by atoms with E-state index in [9.17, 15) is 18.8 Å². The Labute approximate surface area is 167 Å². The highest BCUT2D eigenvalue weighted by atomic mass is 79.9. The molecule has 2 N–H and O–H groups in total. The van der Waals surface area contributed by atoms with Gasteiger partial charge in [-0.05, 0) is 48.9 Å². The zero-order valence-electron chi connectivity index (χ0n) is 14.5. The Morgan fingerprint density at radius 3 is 2.68 bits per heavy atom. The molecule has 2 aromatic carbocycles. The van der Waals surface area contributed by atoms with Gasteiger partial charge in [0.05, 0.1) is 5.56 Å². The van der Waals surface area contributed by atoms with Crippen molar-refractivity contribution in [1.82, 2.24) is 10.3 Å². The molecule has 0 radical (unpaired) electrons. The quantitative estimate of drug-likeness (QED) is 0.479. The van der Waals surface area contributed by atoms with E-state index < -0.39 is 23.5 Å². The number of ketones is 1. The number of anilines is 1. The van der Waals surface area contributed by atoms with Crippen LogP contribution in [0.25, 0.3) is 10.9 Å². The van der Waals surface area contributed by atoms with E-state index in [1.165, 1.54) is 35.4 Å². The molecule has 0 saturated carbocycles. The number of hydrogen-bond donors (Lipinski definition) is 2. The third-order valence-corrected chi connectivity index (χ3v) is 5.24. The lowest BCUT2D eigenvalue weighted by Gasteiger charge is -2.17. The van der Waals surface area contributed by atoms with Crippen LogP contribution < -0.4 is 10.2 Å². The Bertz CT molecular complexity index is 1090. The topological polar surface area (TPSA) is 82.3 Å². The fraction of sp³-hybridized carbons (Fsp3) is 0.150. The lowest BCUT2D eigenvalue weighted by atomic mass is 10.1. The zero-order valence-corrected chi connectivity index (χ0v) is 16.1. The number of carbonyl (C=O) groups is 3. The molecule has 2 amide bonds. The molecule has 1 aliphatic heterocycles. The maximum atomic E-state index is 13.1. The molecule has 4 rings (SSSR count). The lowest BCUT2D eigenvalue weighted by molar-refractivity contribution is -0.124. The van der Waals surface area contributed by atoms with E-state index in [4.69, 9.17) is 0 Å². The number of aromatic amines is 1. The Morgan fingerprint density at radius 2 is 1.93 bits per heavy atom. The smallest absolute Gasteiger partial charge is 0.293 e. The highest BCUT2D eigenvalue weighted by molar-refractivity contribution is 9.10. The van der Waals surface area contributed by atoms with E-state index in [2.05, 4.69) is 26.2 Å². The molecule has 2 heterocycles. The van der Waals surface area contributed by atoms with Gasteiger partial charge in [-0.1, -0.05) is 15.9 Å². The summed E-state index contributed by atoms with van der Waals surface area (Å²) in [5.41, 5.74) is 1.53. The first kappa shape index (κ1) is 18.4. The number of Topliss-reactive ketones (excluding diaryl/α,β-unsaturated/α-hetero) is 1. The summed E-state index contributed by atoms with van der Waals surface area (Å²) in [6.07, 6.45) is 1.86. The molecule has 1 atom stereocenters. The molecular formula is C20H15BrFN3O3. The first-order valence-electron chi connectivity index (χ1n) is 8.63. The summed E-state index contributed by atoms with van der Waals surface area (Å²) in [5.74, 6) is -2.26. The first-order valence-corrected chi connectivity index (χ1v) is 9.42. The zero-order chi connectivity index (χ0) is 19.8. The molecule has 1 unspecified atom stereocenters. The number of benzene rings is 2. The van der Waals surface area contributed by atoms with Crippen LogP contribution in [0.2, 0.25) is 0 Å². The van der Waals surface area contributed by atoms with Gasteiger partial charge in [-0.25, -0.2) is 4.39 Å². The summed E-state index contributed by atoms with van der Waals surface area (Å²) >= 11 is 3.35. The van der Waals surface area contributed by atoms with E-state index in [1.54, 1.807) is 12.1 Å². The average Bonchev–Trinajstić information content (AvgIpc) is 3.25. The first-order chi connectivity index (χ1) is 13.4. The minimum atomic E-state index is -0.833. The van der Waals surface area contributed by atoms with Crippen molar-refractivity contribution >= 4 is 50.1 Å². The van der Waals surface area contributed by atoms with E-state index in [0.717, 1.165) is 9.99 Å². The number of H-pyrrole nitrogens is 1. The van der Waals surface area contributed by atoms with E-state index >= 15 is 0 Å². The van der Waals surface area contributed by atoms with E-state index in [-0.39, 0.29) is 11.5 Å². The van der Waals surface area contributed by atoms with Crippen LogP contribution in [-0.2, 0) is 9.59 Å². The number of aromatic nitrogens is 1. The van der Waals surface area contributed by atoms with E-state index in [0.29, 0.717) is 24.0 Å². The van der Waals surface area contributed by atoms with Gasteiger partial charge in [-0.3, -0.25) is 14.4 Å². The monoisotopic (exact) mass is 443 g/mol. The molecule has 142 valence electrons. The Kier molecular flexibility index (Phi) is 4.72. The van der Waals surface area contributed by atoms with Crippen molar-refractivity contribution in [2.45, 2.75) is 12.5 Å². The number of fused-ring (bicyclic) bond motifs is 1. The molecule has 3 aromatic rings. The molecule has 1 aromatic heterocycles. The van der Waals surface area contributed by atoms with Crippen LogP contribution in [0.4, 0.5) is 10.1 Å². The molecule has 0 aliphatic carbocycles. The maximum absolute atomic E-state index is 13.1. The predicted octanol–water partition coefficient (Wildman–Crippen LogP) is 3.17.